The minimum Gasteiger partial charge on any atom is -0.347 e. The van der Waals surface area contributed by atoms with Gasteiger partial charge in [-0.1, -0.05) is 0 Å². The summed E-state index contributed by atoms with van der Waals surface area (Å²) in [5.41, 5.74) is 0. The van der Waals surface area contributed by atoms with Gasteiger partial charge in [0.1, 0.15) is 0 Å². The van der Waals surface area contributed by atoms with Crippen LogP contribution in [0.15, 0.2) is 0 Å². The average Bonchev–Trinajstić information content (AvgIpc) is 2.87. The number of nitrogens with zero attached hydrogens (tertiary/aromatic N) is 1. The molecular weight excluding hydrogens is 182 g/mol. The van der Waals surface area contributed by atoms with Crippen molar-refractivity contribution in [3.05, 3.63) is 0 Å². The second-order valence-electron chi connectivity index (χ2n) is 3.81. The Labute approximate surface area is 83.8 Å². The number of nitrogens with one attached hydrogen (secondary N) is 2. The molecule has 14 heavy (non-hydrogen) atoms. The van der Waals surface area contributed by atoms with E-state index in [9.17, 15) is 9.59 Å². The number of rotatable bonds is 4. The first kappa shape index (κ1) is 11.0. The van der Waals surface area contributed by atoms with Gasteiger partial charge in [0.15, 0.2) is 0 Å². The molecule has 0 spiro atoms. The number of likely N-dealkylation sites (N-methyl/N-ethyl adjacent to an activating group) is 1. The highest BCUT2D eigenvalue weighted by molar-refractivity contribution is 6.35. The van der Waals surface area contributed by atoms with Crippen LogP contribution in [-0.2, 0) is 9.59 Å². The lowest BCUT2D eigenvalue weighted by molar-refractivity contribution is -0.139. The minimum atomic E-state index is -0.529. The predicted molar refractivity (Wildman–Crippen MR) is 52.7 cm³/mol. The molecule has 0 aliphatic heterocycles. The van der Waals surface area contributed by atoms with Gasteiger partial charge in [-0.25, -0.2) is 0 Å². The van der Waals surface area contributed by atoms with Crippen LogP contribution in [0.2, 0.25) is 0 Å². The van der Waals surface area contributed by atoms with Crippen LogP contribution in [0.3, 0.4) is 0 Å². The Balaban J connectivity index is 2.10. The highest BCUT2D eigenvalue weighted by Crippen LogP contribution is 2.18. The predicted octanol–water partition coefficient (Wildman–Crippen LogP) is -1.06. The summed E-state index contributed by atoms with van der Waals surface area (Å²) in [6, 6.07) is 0.238. The highest BCUT2D eigenvalue weighted by Gasteiger charge is 2.25. The van der Waals surface area contributed by atoms with Crippen molar-refractivity contribution < 1.29 is 9.59 Å². The molecule has 1 fully saturated rings. The van der Waals surface area contributed by atoms with Crippen molar-refractivity contribution in [2.45, 2.75) is 18.9 Å². The van der Waals surface area contributed by atoms with Crippen LogP contribution >= 0.6 is 0 Å². The molecule has 1 aliphatic carbocycles. The Bertz CT molecular complexity index is 224. The third-order valence-electron chi connectivity index (χ3n) is 1.96. The minimum absolute atomic E-state index is 0.238. The van der Waals surface area contributed by atoms with E-state index in [0.717, 1.165) is 19.4 Å². The molecule has 0 aromatic rings. The summed E-state index contributed by atoms with van der Waals surface area (Å²) >= 11 is 0. The van der Waals surface area contributed by atoms with E-state index in [2.05, 4.69) is 10.6 Å². The van der Waals surface area contributed by atoms with E-state index < -0.39 is 11.8 Å². The molecule has 0 heterocycles. The largest absolute Gasteiger partial charge is 0.347 e. The van der Waals surface area contributed by atoms with Crippen molar-refractivity contribution in [1.29, 1.82) is 0 Å². The Morgan fingerprint density at radius 1 is 1.29 bits per heavy atom. The molecule has 1 aliphatic rings. The molecule has 0 atom stereocenters. The quantitative estimate of drug-likeness (QED) is 0.568. The average molecular weight is 199 g/mol. The van der Waals surface area contributed by atoms with Crippen LogP contribution in [0.5, 0.6) is 0 Å². The van der Waals surface area contributed by atoms with Gasteiger partial charge in [0, 0.05) is 19.1 Å². The van der Waals surface area contributed by atoms with E-state index in [0.29, 0.717) is 6.54 Å². The molecule has 0 unspecified atom stereocenters. The standard InChI is InChI=1S/C9H17N3O2/c1-12(2)6-5-10-8(13)9(14)11-7-3-4-7/h7H,3-6H2,1-2H3,(H,10,13)(H,11,14). The number of carbonyl (C=O) groups excluding carboxylic acids is 2. The molecule has 1 saturated carbocycles. The normalized spacial score (nSPS) is 15.4. The van der Waals surface area contributed by atoms with E-state index in [1.165, 1.54) is 0 Å². The Hall–Kier alpha value is -1.10. The third kappa shape index (κ3) is 4.23. The van der Waals surface area contributed by atoms with Crippen LogP contribution in [-0.4, -0.2) is 49.9 Å². The Kier molecular flexibility index (Phi) is 3.88. The second-order valence-corrected chi connectivity index (χ2v) is 3.81. The molecule has 2 N–H and O–H groups in total. The summed E-state index contributed by atoms with van der Waals surface area (Å²) in [4.78, 5) is 24.2. The molecule has 5 heteroatoms. The van der Waals surface area contributed by atoms with E-state index in [1.807, 2.05) is 19.0 Å². The topological polar surface area (TPSA) is 61.4 Å². The summed E-state index contributed by atoms with van der Waals surface area (Å²) < 4.78 is 0. The first-order valence-electron chi connectivity index (χ1n) is 4.83. The molecule has 0 aromatic carbocycles. The van der Waals surface area contributed by atoms with Crippen molar-refractivity contribution in [3.8, 4) is 0 Å². The van der Waals surface area contributed by atoms with Gasteiger partial charge >= 0.3 is 11.8 Å². The third-order valence-corrected chi connectivity index (χ3v) is 1.96. The van der Waals surface area contributed by atoms with Gasteiger partial charge in [-0.2, -0.15) is 0 Å². The van der Waals surface area contributed by atoms with Gasteiger partial charge < -0.3 is 15.5 Å². The lowest BCUT2D eigenvalue weighted by Gasteiger charge is -2.10. The number of carbonyl (C=O) groups is 2. The molecule has 0 radical (unpaired) electrons. The van der Waals surface area contributed by atoms with Gasteiger partial charge in [-0.15, -0.1) is 0 Å². The van der Waals surface area contributed by atoms with Crippen LogP contribution < -0.4 is 10.6 Å². The van der Waals surface area contributed by atoms with Gasteiger partial charge in [0.05, 0.1) is 0 Å². The van der Waals surface area contributed by atoms with Crippen molar-refractivity contribution in [3.63, 3.8) is 0 Å². The van der Waals surface area contributed by atoms with E-state index >= 15 is 0 Å². The van der Waals surface area contributed by atoms with Crippen molar-refractivity contribution >= 4 is 11.8 Å². The lowest BCUT2D eigenvalue weighted by atomic mass is 10.5. The fraction of sp³-hybridized carbons (Fsp3) is 0.778. The maximum atomic E-state index is 11.1. The van der Waals surface area contributed by atoms with Crippen molar-refractivity contribution in [2.24, 2.45) is 0 Å². The molecule has 80 valence electrons. The maximum Gasteiger partial charge on any atom is 0.309 e. The van der Waals surface area contributed by atoms with Crippen LogP contribution in [0.1, 0.15) is 12.8 Å². The summed E-state index contributed by atoms with van der Waals surface area (Å²) in [6.45, 7) is 1.24. The molecule has 0 bridgehead atoms. The zero-order valence-corrected chi connectivity index (χ0v) is 8.67. The van der Waals surface area contributed by atoms with E-state index in [-0.39, 0.29) is 6.04 Å². The fourth-order valence-electron chi connectivity index (χ4n) is 0.952. The Morgan fingerprint density at radius 2 is 1.93 bits per heavy atom. The van der Waals surface area contributed by atoms with Gasteiger partial charge in [-0.05, 0) is 26.9 Å². The van der Waals surface area contributed by atoms with E-state index in [4.69, 9.17) is 0 Å². The molecule has 5 nitrogen and oxygen atoms in total. The summed E-state index contributed by atoms with van der Waals surface area (Å²) in [5.74, 6) is -1.04. The molecule has 2 amide bonds. The molecule has 1 rings (SSSR count). The number of hydrogen-bond acceptors (Lipinski definition) is 3. The SMILES string of the molecule is CN(C)CCNC(=O)C(=O)NC1CC1. The number of hydrogen-bond donors (Lipinski definition) is 2. The lowest BCUT2D eigenvalue weighted by Crippen LogP contribution is -2.42. The summed E-state index contributed by atoms with van der Waals surface area (Å²) in [6.07, 6.45) is 1.99. The van der Waals surface area contributed by atoms with Crippen LogP contribution in [0.4, 0.5) is 0 Å². The molecular formula is C9H17N3O2. The van der Waals surface area contributed by atoms with Crippen LogP contribution in [0.25, 0.3) is 0 Å². The first-order chi connectivity index (χ1) is 6.59. The summed E-state index contributed by atoms with van der Waals surface area (Å²) in [5, 5.41) is 5.18. The van der Waals surface area contributed by atoms with Gasteiger partial charge in [0.25, 0.3) is 0 Å². The fourth-order valence-corrected chi connectivity index (χ4v) is 0.952. The van der Waals surface area contributed by atoms with Gasteiger partial charge in [-0.3, -0.25) is 9.59 Å². The van der Waals surface area contributed by atoms with Crippen molar-refractivity contribution in [1.82, 2.24) is 15.5 Å². The Morgan fingerprint density at radius 3 is 2.43 bits per heavy atom. The first-order valence-corrected chi connectivity index (χ1v) is 4.83. The maximum absolute atomic E-state index is 11.1. The van der Waals surface area contributed by atoms with E-state index in [1.54, 1.807) is 0 Å². The zero-order valence-electron chi connectivity index (χ0n) is 8.67. The zero-order chi connectivity index (χ0) is 10.6. The smallest absolute Gasteiger partial charge is 0.309 e. The van der Waals surface area contributed by atoms with Gasteiger partial charge in [0.2, 0.25) is 0 Å². The van der Waals surface area contributed by atoms with Crippen molar-refractivity contribution in [2.75, 3.05) is 27.2 Å². The monoisotopic (exact) mass is 199 g/mol. The number of amides is 2. The molecule has 0 aromatic heterocycles. The molecule has 0 saturated heterocycles. The van der Waals surface area contributed by atoms with Crippen LogP contribution in [0, 0.1) is 0 Å². The second kappa shape index (κ2) is 4.95. The highest BCUT2D eigenvalue weighted by atomic mass is 16.2. The summed E-state index contributed by atoms with van der Waals surface area (Å²) in [7, 11) is 3.83.